The Bertz CT molecular complexity index is 422. The summed E-state index contributed by atoms with van der Waals surface area (Å²) in [4.78, 5) is 12.0. The topological polar surface area (TPSA) is 137 Å². The molecule has 8 heteroatoms. The van der Waals surface area contributed by atoms with Gasteiger partial charge in [-0.25, -0.2) is 4.79 Å². The van der Waals surface area contributed by atoms with Gasteiger partial charge in [-0.3, -0.25) is 0 Å². The van der Waals surface area contributed by atoms with Crippen LogP contribution < -0.4 is 0 Å². The van der Waals surface area contributed by atoms with E-state index in [9.17, 15) is 20.1 Å². The second-order valence-electron chi connectivity index (χ2n) is 6.18. The Morgan fingerprint density at radius 3 is 2.42 bits per heavy atom. The van der Waals surface area contributed by atoms with Crippen molar-refractivity contribution in [3.63, 3.8) is 0 Å². The highest BCUT2D eigenvalue weighted by Crippen LogP contribution is 2.23. The second-order valence-corrected chi connectivity index (χ2v) is 6.18. The lowest BCUT2D eigenvalue weighted by Crippen LogP contribution is -2.59. The number of aliphatic hydroxyl groups is 5. The molecule has 5 N–H and O–H groups in total. The number of allylic oxidation sites excluding steroid dienone is 1. The van der Waals surface area contributed by atoms with E-state index in [-0.39, 0.29) is 6.61 Å². The summed E-state index contributed by atoms with van der Waals surface area (Å²) in [6.45, 7) is 3.11. The first-order valence-corrected chi connectivity index (χ1v) is 8.10. The van der Waals surface area contributed by atoms with Crippen LogP contribution in [-0.2, 0) is 14.3 Å². The molecule has 140 valence electrons. The molecular weight excluding hydrogens is 320 g/mol. The van der Waals surface area contributed by atoms with Crippen molar-refractivity contribution in [2.24, 2.45) is 5.92 Å². The van der Waals surface area contributed by atoms with Gasteiger partial charge in [0.1, 0.15) is 24.4 Å². The molecular formula is C16H28O8. The highest BCUT2D eigenvalue weighted by atomic mass is 16.7. The molecule has 0 aromatic carbocycles. The van der Waals surface area contributed by atoms with Gasteiger partial charge in [0.25, 0.3) is 0 Å². The van der Waals surface area contributed by atoms with Gasteiger partial charge >= 0.3 is 5.97 Å². The highest BCUT2D eigenvalue weighted by Gasteiger charge is 2.45. The molecule has 8 nitrogen and oxygen atoms in total. The van der Waals surface area contributed by atoms with Crippen molar-refractivity contribution >= 4 is 5.97 Å². The summed E-state index contributed by atoms with van der Waals surface area (Å²) < 4.78 is 10.1. The first kappa shape index (κ1) is 21.0. The van der Waals surface area contributed by atoms with Crippen LogP contribution in [0.1, 0.15) is 33.1 Å². The summed E-state index contributed by atoms with van der Waals surface area (Å²) in [5, 5.41) is 47.1. The van der Waals surface area contributed by atoms with Crippen molar-refractivity contribution in [2.45, 2.75) is 63.8 Å². The lowest BCUT2D eigenvalue weighted by atomic mass is 9.99. The van der Waals surface area contributed by atoms with E-state index in [4.69, 9.17) is 19.7 Å². The van der Waals surface area contributed by atoms with E-state index in [1.165, 1.54) is 0 Å². The van der Waals surface area contributed by atoms with E-state index < -0.39 is 43.3 Å². The number of carbonyl (C=O) groups is 1. The zero-order valence-corrected chi connectivity index (χ0v) is 14.0. The SMILES string of the molecule is C/C(=C\CCC(C)CCO)C(=O)O[C@@H]1O[C@H](CO)[C@@H](O)[C@H](O)[C@H]1O. The molecule has 6 atom stereocenters. The molecule has 0 saturated carbocycles. The molecule has 1 rings (SSSR count). The summed E-state index contributed by atoms with van der Waals surface area (Å²) in [7, 11) is 0. The van der Waals surface area contributed by atoms with Gasteiger partial charge in [0.2, 0.25) is 6.29 Å². The normalized spacial score (nSPS) is 32.5. The fourth-order valence-corrected chi connectivity index (χ4v) is 2.40. The zero-order chi connectivity index (χ0) is 18.3. The van der Waals surface area contributed by atoms with Gasteiger partial charge in [-0.05, 0) is 32.1 Å². The fourth-order valence-electron chi connectivity index (χ4n) is 2.40. The number of ether oxygens (including phenoxy) is 2. The van der Waals surface area contributed by atoms with Crippen molar-refractivity contribution in [3.8, 4) is 0 Å². The third kappa shape index (κ3) is 5.80. The van der Waals surface area contributed by atoms with Crippen LogP contribution in [-0.4, -0.2) is 75.4 Å². The summed E-state index contributed by atoms with van der Waals surface area (Å²) >= 11 is 0. The fraction of sp³-hybridized carbons (Fsp3) is 0.812. The van der Waals surface area contributed by atoms with E-state index in [0.717, 1.165) is 6.42 Å². The minimum atomic E-state index is -1.61. The second kappa shape index (κ2) is 10.1. The highest BCUT2D eigenvalue weighted by molar-refractivity contribution is 5.87. The number of carbonyl (C=O) groups excluding carboxylic acids is 1. The average Bonchev–Trinajstić information content (AvgIpc) is 2.55. The van der Waals surface area contributed by atoms with Gasteiger partial charge in [0.15, 0.2) is 0 Å². The Morgan fingerprint density at radius 2 is 1.83 bits per heavy atom. The standard InChI is InChI=1S/C16H28O8/c1-9(6-7-17)4-3-5-10(2)15(22)24-16-14(21)13(20)12(19)11(8-18)23-16/h5,9,11-14,16-21H,3-4,6-8H2,1-2H3/b10-5+/t9?,11-,12-,13+,14-,16+/m1/s1. The van der Waals surface area contributed by atoms with Crippen molar-refractivity contribution in [1.82, 2.24) is 0 Å². The number of hydrogen-bond donors (Lipinski definition) is 5. The molecule has 0 radical (unpaired) electrons. The summed E-state index contributed by atoms with van der Waals surface area (Å²) in [5.74, 6) is -0.380. The van der Waals surface area contributed by atoms with Gasteiger partial charge in [0, 0.05) is 12.2 Å². The molecule has 0 aliphatic carbocycles. The van der Waals surface area contributed by atoms with E-state index in [1.807, 2.05) is 6.92 Å². The van der Waals surface area contributed by atoms with Crippen LogP contribution in [0.4, 0.5) is 0 Å². The van der Waals surface area contributed by atoms with E-state index in [0.29, 0.717) is 24.3 Å². The molecule has 1 fully saturated rings. The Balaban J connectivity index is 2.56. The van der Waals surface area contributed by atoms with Crippen molar-refractivity contribution in [2.75, 3.05) is 13.2 Å². The molecule has 0 aromatic rings. The molecule has 1 unspecified atom stereocenters. The quantitative estimate of drug-likeness (QED) is 0.280. The van der Waals surface area contributed by atoms with Gasteiger partial charge in [-0.2, -0.15) is 0 Å². The van der Waals surface area contributed by atoms with E-state index in [1.54, 1.807) is 13.0 Å². The largest absolute Gasteiger partial charge is 0.429 e. The van der Waals surface area contributed by atoms with Crippen LogP contribution in [0.5, 0.6) is 0 Å². The molecule has 0 bridgehead atoms. The molecule has 1 heterocycles. The number of rotatable bonds is 8. The molecule has 1 aliphatic heterocycles. The first-order chi connectivity index (χ1) is 11.3. The Morgan fingerprint density at radius 1 is 1.17 bits per heavy atom. The maximum absolute atomic E-state index is 12.0. The minimum absolute atomic E-state index is 0.128. The number of aliphatic hydroxyl groups excluding tert-OH is 5. The van der Waals surface area contributed by atoms with Gasteiger partial charge in [-0.15, -0.1) is 0 Å². The zero-order valence-electron chi connectivity index (χ0n) is 14.0. The van der Waals surface area contributed by atoms with E-state index >= 15 is 0 Å². The monoisotopic (exact) mass is 348 g/mol. The van der Waals surface area contributed by atoms with Gasteiger partial charge < -0.3 is 35.0 Å². The first-order valence-electron chi connectivity index (χ1n) is 8.10. The minimum Gasteiger partial charge on any atom is -0.429 e. The summed E-state index contributed by atoms with van der Waals surface area (Å²) in [5.41, 5.74) is 0.322. The van der Waals surface area contributed by atoms with Crippen LogP contribution in [0.15, 0.2) is 11.6 Å². The Hall–Kier alpha value is -1.03. The maximum Gasteiger partial charge on any atom is 0.335 e. The van der Waals surface area contributed by atoms with Gasteiger partial charge in [-0.1, -0.05) is 13.0 Å². The average molecular weight is 348 g/mol. The van der Waals surface area contributed by atoms with Crippen molar-refractivity contribution < 1.29 is 39.8 Å². The predicted octanol–water partition coefficient (Wildman–Crippen LogP) is -0.925. The smallest absolute Gasteiger partial charge is 0.335 e. The van der Waals surface area contributed by atoms with Crippen LogP contribution >= 0.6 is 0 Å². The van der Waals surface area contributed by atoms with Crippen LogP contribution in [0.2, 0.25) is 0 Å². The lowest BCUT2D eigenvalue weighted by Gasteiger charge is -2.39. The molecule has 1 saturated heterocycles. The van der Waals surface area contributed by atoms with E-state index in [2.05, 4.69) is 0 Å². The molecule has 24 heavy (non-hydrogen) atoms. The Labute approximate surface area is 141 Å². The third-order valence-electron chi connectivity index (χ3n) is 4.13. The molecule has 0 amide bonds. The van der Waals surface area contributed by atoms with Crippen LogP contribution in [0, 0.1) is 5.92 Å². The summed E-state index contributed by atoms with van der Waals surface area (Å²) in [6.07, 6.45) is -3.44. The Kier molecular flexibility index (Phi) is 8.82. The molecule has 0 aromatic heterocycles. The predicted molar refractivity (Wildman–Crippen MR) is 83.7 cm³/mol. The van der Waals surface area contributed by atoms with Crippen LogP contribution in [0.3, 0.4) is 0 Å². The summed E-state index contributed by atoms with van der Waals surface area (Å²) in [6, 6.07) is 0. The van der Waals surface area contributed by atoms with Crippen molar-refractivity contribution in [3.05, 3.63) is 11.6 Å². The van der Waals surface area contributed by atoms with Gasteiger partial charge in [0.05, 0.1) is 6.61 Å². The number of esters is 1. The molecule has 1 aliphatic rings. The molecule has 0 spiro atoms. The number of hydrogen-bond acceptors (Lipinski definition) is 8. The van der Waals surface area contributed by atoms with Crippen LogP contribution in [0.25, 0.3) is 0 Å². The maximum atomic E-state index is 12.0. The van der Waals surface area contributed by atoms with Crippen molar-refractivity contribution in [1.29, 1.82) is 0 Å². The third-order valence-corrected chi connectivity index (χ3v) is 4.13. The lowest BCUT2D eigenvalue weighted by molar-refractivity contribution is -0.291.